The molecule has 1 aliphatic heterocycles. The Balaban J connectivity index is 1.20. The third-order valence-electron chi connectivity index (χ3n) is 13.5. The largest absolute Gasteiger partial charge is 0.145 e. The van der Waals surface area contributed by atoms with Crippen molar-refractivity contribution in [2.45, 2.75) is 109 Å². The van der Waals surface area contributed by atoms with E-state index in [4.69, 9.17) is 0 Å². The van der Waals surface area contributed by atoms with E-state index in [-0.39, 0.29) is 0 Å². The molecule has 242 valence electrons. The molecule has 0 nitrogen and oxygen atoms in total. The number of allylic oxidation sites excluding steroid dienone is 1. The molecule has 46 heavy (non-hydrogen) atoms. The molecule has 3 fully saturated rings. The molecule has 0 bridgehead atoms. The monoisotopic (exact) mass is 680 g/mol. The summed E-state index contributed by atoms with van der Waals surface area (Å²) in [6.45, 7) is 20.6. The van der Waals surface area contributed by atoms with E-state index in [1.807, 2.05) is 22.7 Å². The highest BCUT2D eigenvalue weighted by Gasteiger charge is 2.61. The smallest absolute Gasteiger partial charge is 0.0555 e. The molecule has 0 saturated heterocycles. The normalized spacial score (nSPS) is 32.8. The van der Waals surface area contributed by atoms with Crippen molar-refractivity contribution in [3.8, 4) is 0 Å². The lowest BCUT2D eigenvalue weighted by atomic mass is 9.71. The molecule has 4 heteroatoms. The zero-order chi connectivity index (χ0) is 32.1. The van der Waals surface area contributed by atoms with Crippen LogP contribution in [0.5, 0.6) is 0 Å². The van der Waals surface area contributed by atoms with Crippen molar-refractivity contribution >= 4 is 63.1 Å². The van der Waals surface area contributed by atoms with Crippen molar-refractivity contribution in [3.05, 3.63) is 91.5 Å². The van der Waals surface area contributed by atoms with Crippen LogP contribution in [0.25, 0.3) is 20.6 Å². The number of aryl methyl sites for hydroxylation is 3. The lowest BCUT2D eigenvalue weighted by Gasteiger charge is -2.47. The van der Waals surface area contributed by atoms with Crippen LogP contribution in [-0.4, -0.2) is 13.3 Å². The van der Waals surface area contributed by atoms with Gasteiger partial charge in [-0.1, -0.05) is 88.3 Å². The molecule has 3 heterocycles. The molecule has 0 spiro atoms. The second-order valence-electron chi connectivity index (χ2n) is 16.3. The first kappa shape index (κ1) is 31.7. The summed E-state index contributed by atoms with van der Waals surface area (Å²) in [6, 6.07) is 20.9. The average molecular weight is 681 g/mol. The summed E-state index contributed by atoms with van der Waals surface area (Å²) < 4.78 is 1.46. The summed E-state index contributed by atoms with van der Waals surface area (Å²) in [7, 11) is -1.66. The zero-order valence-electron chi connectivity index (χ0n) is 29.2. The van der Waals surface area contributed by atoms with Gasteiger partial charge in [0, 0.05) is 46.0 Å². The summed E-state index contributed by atoms with van der Waals surface area (Å²) in [5, 5.41) is 2.22. The van der Waals surface area contributed by atoms with Gasteiger partial charge in [0.15, 0.2) is 0 Å². The van der Waals surface area contributed by atoms with E-state index < -0.39 is 8.07 Å². The predicted molar refractivity (Wildman–Crippen MR) is 209 cm³/mol. The second kappa shape index (κ2) is 11.8. The molecule has 9 unspecified atom stereocenters. The van der Waals surface area contributed by atoms with E-state index >= 15 is 0 Å². The minimum absolute atomic E-state index is 0.665. The Morgan fingerprint density at radius 3 is 2.11 bits per heavy atom. The Hall–Kier alpha value is -1.59. The van der Waals surface area contributed by atoms with Gasteiger partial charge < -0.3 is 0 Å². The predicted octanol–water partition coefficient (Wildman–Crippen LogP) is 13.5. The fraction of sp³-hybridized carbons (Fsp3) is 0.524. The Bertz CT molecular complexity index is 1810. The van der Waals surface area contributed by atoms with Crippen molar-refractivity contribution in [1.82, 2.24) is 0 Å². The average Bonchev–Trinajstić information content (AvgIpc) is 3.79. The van der Waals surface area contributed by atoms with Gasteiger partial charge in [-0.15, -0.1) is 34.4 Å². The van der Waals surface area contributed by atoms with Crippen molar-refractivity contribution in [3.63, 3.8) is 0 Å². The van der Waals surface area contributed by atoms with Crippen LogP contribution in [0.4, 0.5) is 0 Å². The number of hydrogen-bond acceptors (Lipinski definition) is 3. The third-order valence-corrected chi connectivity index (χ3v) is 22.8. The summed E-state index contributed by atoms with van der Waals surface area (Å²) in [5.41, 5.74) is 9.87. The maximum atomic E-state index is 2.88. The maximum Gasteiger partial charge on any atom is 0.0555 e. The Labute approximate surface area is 291 Å². The number of rotatable bonds is 5. The van der Waals surface area contributed by atoms with Crippen molar-refractivity contribution in [2.24, 2.45) is 29.6 Å². The van der Waals surface area contributed by atoms with E-state index in [0.717, 1.165) is 45.9 Å². The van der Waals surface area contributed by atoms with E-state index in [1.165, 1.54) is 62.4 Å². The van der Waals surface area contributed by atoms with Crippen LogP contribution in [-0.2, 0) is 0 Å². The molecule has 0 amide bonds. The molecular weight excluding hydrogens is 629 g/mol. The third kappa shape index (κ3) is 4.77. The molecule has 0 radical (unpaired) electrons. The van der Waals surface area contributed by atoms with Crippen LogP contribution in [0, 0.1) is 57.3 Å². The van der Waals surface area contributed by atoms with Crippen LogP contribution >= 0.6 is 34.4 Å². The molecule has 8 rings (SSSR count). The van der Waals surface area contributed by atoms with Crippen LogP contribution in [0.2, 0.25) is 24.2 Å². The molecule has 2 aromatic carbocycles. The summed E-state index contributed by atoms with van der Waals surface area (Å²) in [5.74, 6) is 4.91. The van der Waals surface area contributed by atoms with Crippen molar-refractivity contribution in [1.29, 1.82) is 0 Å². The number of fused-ring (bicyclic) bond motifs is 3. The summed E-state index contributed by atoms with van der Waals surface area (Å²) >= 11 is 6.39. The number of benzene rings is 2. The van der Waals surface area contributed by atoms with Gasteiger partial charge in [-0.2, -0.15) is 0 Å². The Morgan fingerprint density at radius 1 is 0.674 bits per heavy atom. The van der Waals surface area contributed by atoms with E-state index in [0.29, 0.717) is 5.92 Å². The highest BCUT2D eigenvalue weighted by molar-refractivity contribution is 8.09. The SMILES string of the molecule is Cc1sc(C)c(C2=C(c3c(C)sc4ccccc34)C3CC(C)C([Si](C)(C)C4C(C)CC5C(c6ccccc6)CCCC54)C3S2)c1C. The van der Waals surface area contributed by atoms with Gasteiger partial charge in [0.1, 0.15) is 0 Å². The highest BCUT2D eigenvalue weighted by atomic mass is 32.2. The fourth-order valence-electron chi connectivity index (χ4n) is 12.0. The topological polar surface area (TPSA) is 0 Å². The van der Waals surface area contributed by atoms with Gasteiger partial charge in [0.05, 0.1) is 8.07 Å². The zero-order valence-corrected chi connectivity index (χ0v) is 32.6. The molecule has 3 aliphatic carbocycles. The van der Waals surface area contributed by atoms with Crippen molar-refractivity contribution < 1.29 is 0 Å². The van der Waals surface area contributed by atoms with Gasteiger partial charge >= 0.3 is 0 Å². The molecule has 9 atom stereocenters. The van der Waals surface area contributed by atoms with Crippen LogP contribution in [0.15, 0.2) is 54.6 Å². The van der Waals surface area contributed by atoms with Gasteiger partial charge in [0.2, 0.25) is 0 Å². The molecule has 0 N–H and O–H groups in total. The second-order valence-corrected chi connectivity index (χ2v) is 25.1. The number of hydrogen-bond donors (Lipinski definition) is 0. The molecule has 4 aliphatic rings. The minimum atomic E-state index is -1.66. The van der Waals surface area contributed by atoms with Gasteiger partial charge in [-0.05, 0) is 116 Å². The highest BCUT2D eigenvalue weighted by Crippen LogP contribution is 2.70. The van der Waals surface area contributed by atoms with Crippen LogP contribution in [0.1, 0.15) is 88.8 Å². The number of thioether (sulfide) groups is 1. The molecule has 4 aromatic rings. The van der Waals surface area contributed by atoms with E-state index in [9.17, 15) is 0 Å². The Kier molecular flexibility index (Phi) is 8.11. The fourth-order valence-corrected chi connectivity index (χ4v) is 23.7. The standard InChI is InChI=1S/C42H52S3Si/c1-23-21-33-30(29-15-10-9-11-16-29)18-14-19-31(33)41(23)46(7,8)42-24(2)22-34-38(37-28(6)44-35-20-13-12-17-32(35)37)40(45-39(34)42)36-25(3)26(4)43-27(36)5/h9-13,15-17,20,23-24,30-31,33-34,39,41-42H,14,18-19,21-22H2,1-8H3. The van der Waals surface area contributed by atoms with Crippen LogP contribution < -0.4 is 0 Å². The summed E-state index contributed by atoms with van der Waals surface area (Å²) in [6.07, 6.45) is 7.12. The maximum absolute atomic E-state index is 2.88. The lowest BCUT2D eigenvalue weighted by molar-refractivity contribution is 0.235. The summed E-state index contributed by atoms with van der Waals surface area (Å²) in [4.78, 5) is 6.20. The minimum Gasteiger partial charge on any atom is -0.145 e. The van der Waals surface area contributed by atoms with Gasteiger partial charge in [-0.3, -0.25) is 0 Å². The molecular formula is C42H52S3Si. The van der Waals surface area contributed by atoms with Crippen molar-refractivity contribution in [2.75, 3.05) is 0 Å². The first-order valence-electron chi connectivity index (χ1n) is 18.1. The first-order chi connectivity index (χ1) is 22.1. The van der Waals surface area contributed by atoms with Gasteiger partial charge in [-0.25, -0.2) is 0 Å². The lowest BCUT2D eigenvalue weighted by Crippen LogP contribution is -2.47. The molecule has 2 aromatic heterocycles. The van der Waals surface area contributed by atoms with E-state index in [1.54, 1.807) is 27.2 Å². The van der Waals surface area contributed by atoms with E-state index in [2.05, 4.69) is 121 Å². The van der Waals surface area contributed by atoms with Crippen LogP contribution in [0.3, 0.4) is 0 Å². The molecule has 3 saturated carbocycles. The first-order valence-corrected chi connectivity index (χ1v) is 23.8. The number of thiophene rings is 2. The van der Waals surface area contributed by atoms with Gasteiger partial charge in [0.25, 0.3) is 0 Å². The Morgan fingerprint density at radius 2 is 1.37 bits per heavy atom. The quantitative estimate of drug-likeness (QED) is 0.189.